The van der Waals surface area contributed by atoms with Crippen LogP contribution in [0.3, 0.4) is 0 Å². The van der Waals surface area contributed by atoms with Gasteiger partial charge in [0.05, 0.1) is 0 Å². The Labute approximate surface area is 76.8 Å². The fraction of sp³-hybridized carbons (Fsp3) is 0. The van der Waals surface area contributed by atoms with Crippen molar-refractivity contribution in [1.82, 2.24) is 0 Å². The van der Waals surface area contributed by atoms with Crippen molar-refractivity contribution < 1.29 is 14.4 Å². The van der Waals surface area contributed by atoms with Crippen LogP contribution in [0.5, 0.6) is 5.75 Å². The van der Waals surface area contributed by atoms with Crippen molar-refractivity contribution in [2.75, 3.05) is 0 Å². The van der Waals surface area contributed by atoms with Gasteiger partial charge in [-0.1, -0.05) is 18.2 Å². The SMILES string of the molecule is OC(O)=S(Cl)Oc1ccccc1. The van der Waals surface area contributed by atoms with Crippen LogP contribution < -0.4 is 4.18 Å². The van der Waals surface area contributed by atoms with Gasteiger partial charge in [0.15, 0.2) is 0 Å². The number of benzene rings is 1. The molecule has 1 aromatic rings. The summed E-state index contributed by atoms with van der Waals surface area (Å²) in [5.74, 6) is 0.497. The Morgan fingerprint density at radius 2 is 1.83 bits per heavy atom. The van der Waals surface area contributed by atoms with E-state index in [-0.39, 0.29) is 0 Å². The maximum Gasteiger partial charge on any atom is 0.257 e. The van der Waals surface area contributed by atoms with Gasteiger partial charge in [-0.3, -0.25) is 0 Å². The van der Waals surface area contributed by atoms with E-state index in [1.54, 1.807) is 24.3 Å². The van der Waals surface area contributed by atoms with Gasteiger partial charge in [-0.2, -0.15) is 0 Å². The number of para-hydroxylation sites is 1. The number of hydrogen-bond donors (Lipinski definition) is 2. The zero-order chi connectivity index (χ0) is 8.97. The first-order valence-corrected chi connectivity index (χ1v) is 5.06. The van der Waals surface area contributed by atoms with Crippen molar-refractivity contribution in [3.8, 4) is 5.75 Å². The fourth-order valence-electron chi connectivity index (χ4n) is 0.598. The molecular weight excluding hydrogens is 200 g/mol. The summed E-state index contributed by atoms with van der Waals surface area (Å²) >= 11 is 0. The highest BCUT2D eigenvalue weighted by Crippen LogP contribution is 2.25. The van der Waals surface area contributed by atoms with Gasteiger partial charge in [0.1, 0.15) is 15.7 Å². The maximum absolute atomic E-state index is 8.51. The third-order valence-electron chi connectivity index (χ3n) is 1.06. The lowest BCUT2D eigenvalue weighted by Gasteiger charge is -2.02. The minimum atomic E-state index is -1.47. The molecule has 12 heavy (non-hydrogen) atoms. The lowest BCUT2D eigenvalue weighted by atomic mass is 10.3. The Balaban J connectivity index is 2.72. The summed E-state index contributed by atoms with van der Waals surface area (Å²) < 4.78 is 4.93. The van der Waals surface area contributed by atoms with Crippen LogP contribution in [0.15, 0.2) is 30.3 Å². The largest absolute Gasteiger partial charge is 0.414 e. The molecule has 1 rings (SSSR count). The zero-order valence-corrected chi connectivity index (χ0v) is 7.55. The van der Waals surface area contributed by atoms with Crippen LogP contribution in [0.2, 0.25) is 0 Å². The van der Waals surface area contributed by atoms with Crippen LogP contribution in [0.25, 0.3) is 0 Å². The van der Waals surface area contributed by atoms with E-state index in [2.05, 4.69) is 0 Å². The molecular formula is C7H7ClO3S. The van der Waals surface area contributed by atoms with E-state index in [9.17, 15) is 0 Å². The average Bonchev–Trinajstić information content (AvgIpc) is 2.06. The lowest BCUT2D eigenvalue weighted by molar-refractivity contribution is 0.382. The summed E-state index contributed by atoms with van der Waals surface area (Å²) in [6.45, 7) is 0. The van der Waals surface area contributed by atoms with Crippen molar-refractivity contribution in [3.05, 3.63) is 30.3 Å². The molecule has 0 amide bonds. The van der Waals surface area contributed by atoms with Crippen molar-refractivity contribution in [2.45, 2.75) is 0 Å². The molecule has 0 bridgehead atoms. The van der Waals surface area contributed by atoms with Gasteiger partial charge < -0.3 is 14.4 Å². The first-order chi connectivity index (χ1) is 5.70. The van der Waals surface area contributed by atoms with Gasteiger partial charge in [0.25, 0.3) is 5.24 Å². The second-order valence-electron chi connectivity index (χ2n) is 1.90. The topological polar surface area (TPSA) is 49.7 Å². The summed E-state index contributed by atoms with van der Waals surface area (Å²) in [4.78, 5) is 0. The van der Waals surface area contributed by atoms with Crippen LogP contribution in [0.1, 0.15) is 0 Å². The van der Waals surface area contributed by atoms with Crippen molar-refractivity contribution in [1.29, 1.82) is 0 Å². The molecule has 0 heterocycles. The molecule has 0 aliphatic heterocycles. The number of halogens is 1. The van der Waals surface area contributed by atoms with Gasteiger partial charge in [0.2, 0.25) is 0 Å². The van der Waals surface area contributed by atoms with Crippen LogP contribution in [-0.4, -0.2) is 15.4 Å². The molecule has 1 unspecified atom stereocenters. The van der Waals surface area contributed by atoms with Gasteiger partial charge in [0, 0.05) is 0 Å². The van der Waals surface area contributed by atoms with Gasteiger partial charge in [-0.25, -0.2) is 0 Å². The van der Waals surface area contributed by atoms with Crippen LogP contribution >= 0.6 is 20.7 Å². The molecule has 2 N–H and O–H groups in total. The van der Waals surface area contributed by atoms with Crippen LogP contribution in [-0.2, 0) is 0 Å². The van der Waals surface area contributed by atoms with Gasteiger partial charge in [-0.05, 0) is 22.8 Å². The quantitative estimate of drug-likeness (QED) is 0.732. The van der Waals surface area contributed by atoms with E-state index in [1.807, 2.05) is 6.07 Å². The number of aliphatic hydroxyl groups excluding tert-OH is 1. The van der Waals surface area contributed by atoms with Crippen molar-refractivity contribution in [2.24, 2.45) is 0 Å². The Kier molecular flexibility index (Phi) is 3.55. The van der Waals surface area contributed by atoms with Crippen molar-refractivity contribution >= 4 is 25.9 Å². The predicted molar refractivity (Wildman–Crippen MR) is 50.8 cm³/mol. The lowest BCUT2D eigenvalue weighted by Crippen LogP contribution is -1.94. The van der Waals surface area contributed by atoms with Gasteiger partial charge in [-0.15, -0.1) is 0 Å². The Bertz CT molecular complexity index is 282. The molecule has 5 heteroatoms. The number of hydrogen-bond acceptors (Lipinski definition) is 1. The van der Waals surface area contributed by atoms with E-state index in [0.717, 1.165) is 0 Å². The highest BCUT2D eigenvalue weighted by Gasteiger charge is 1.98. The summed E-state index contributed by atoms with van der Waals surface area (Å²) in [7, 11) is 3.95. The second kappa shape index (κ2) is 4.47. The summed E-state index contributed by atoms with van der Waals surface area (Å²) in [6, 6.07) is 8.69. The van der Waals surface area contributed by atoms with E-state index >= 15 is 0 Å². The molecule has 3 nitrogen and oxygen atoms in total. The Morgan fingerprint density at radius 3 is 2.33 bits per heavy atom. The zero-order valence-electron chi connectivity index (χ0n) is 5.98. The first-order valence-electron chi connectivity index (χ1n) is 3.09. The van der Waals surface area contributed by atoms with E-state index in [4.69, 9.17) is 25.1 Å². The average molecular weight is 207 g/mol. The van der Waals surface area contributed by atoms with Gasteiger partial charge >= 0.3 is 0 Å². The third-order valence-corrected chi connectivity index (χ3v) is 2.29. The molecule has 0 spiro atoms. The van der Waals surface area contributed by atoms with E-state index in [0.29, 0.717) is 5.75 Å². The third kappa shape index (κ3) is 2.83. The minimum Gasteiger partial charge on any atom is -0.414 e. The van der Waals surface area contributed by atoms with Crippen LogP contribution in [0, 0.1) is 0 Å². The maximum atomic E-state index is 8.51. The minimum absolute atomic E-state index is 0.497. The first kappa shape index (κ1) is 9.54. The highest BCUT2D eigenvalue weighted by molar-refractivity contribution is 8.31. The van der Waals surface area contributed by atoms with Crippen molar-refractivity contribution in [3.63, 3.8) is 0 Å². The molecule has 1 atom stereocenters. The standard InChI is InChI=1S/C7H7ClO3S/c8-12(7(9)10)11-6-4-2-1-3-5-6/h1-5,9-10H. The highest BCUT2D eigenvalue weighted by atomic mass is 35.7. The van der Waals surface area contributed by atoms with E-state index < -0.39 is 15.2 Å². The molecule has 0 saturated heterocycles. The second-order valence-corrected chi connectivity index (χ2v) is 3.72. The summed E-state index contributed by atoms with van der Waals surface area (Å²) in [5, 5.41) is 16.1. The molecule has 0 saturated carbocycles. The molecule has 0 aromatic heterocycles. The summed E-state index contributed by atoms with van der Waals surface area (Å²) in [6.07, 6.45) is 0. The summed E-state index contributed by atoms with van der Waals surface area (Å²) in [5.41, 5.74) is 0. The molecule has 0 aliphatic rings. The smallest absolute Gasteiger partial charge is 0.257 e. The number of rotatable bonds is 2. The normalized spacial score (nSPS) is 12.2. The Hall–Kier alpha value is -0.550. The van der Waals surface area contributed by atoms with E-state index in [1.165, 1.54) is 0 Å². The molecule has 1 aromatic carbocycles. The molecule has 66 valence electrons. The molecule has 0 fully saturated rings. The Morgan fingerprint density at radius 1 is 1.25 bits per heavy atom. The van der Waals surface area contributed by atoms with Crippen LogP contribution in [0.4, 0.5) is 0 Å². The molecule has 0 aliphatic carbocycles. The predicted octanol–water partition coefficient (Wildman–Crippen LogP) is 2.61. The fourth-order valence-corrected chi connectivity index (χ4v) is 1.17. The number of aliphatic hydroxyl groups is 2. The molecule has 0 radical (unpaired) electrons. The monoisotopic (exact) mass is 206 g/mol.